The maximum atomic E-state index is 12.4. The molecule has 1 fully saturated rings. The smallest absolute Gasteiger partial charge is 0.220 e. The Bertz CT molecular complexity index is 1570. The molecule has 47 heavy (non-hydrogen) atoms. The number of ether oxygens (including phenoxy) is 2. The molecule has 0 spiro atoms. The highest BCUT2D eigenvalue weighted by Gasteiger charge is 2.32. The van der Waals surface area contributed by atoms with E-state index in [1.807, 2.05) is 54.6 Å². The minimum absolute atomic E-state index is 0.00775. The van der Waals surface area contributed by atoms with E-state index in [4.69, 9.17) is 9.47 Å². The van der Waals surface area contributed by atoms with Crippen molar-refractivity contribution in [2.75, 3.05) is 12.3 Å². The van der Waals surface area contributed by atoms with Crippen LogP contribution in [-0.4, -0.2) is 40.3 Å². The van der Waals surface area contributed by atoms with Crippen LogP contribution in [0.3, 0.4) is 0 Å². The quantitative estimate of drug-likeness (QED) is 0.0947. The number of carbonyl (C=O) groups is 2. The number of nitrogens with one attached hydrogen (secondary N) is 2. The van der Waals surface area contributed by atoms with Crippen LogP contribution in [0, 0.1) is 0 Å². The molecule has 3 aromatic carbocycles. The van der Waals surface area contributed by atoms with E-state index >= 15 is 0 Å². The molecule has 1 aromatic heterocycles. The summed E-state index contributed by atoms with van der Waals surface area (Å²) in [6.07, 6.45) is 4.85. The van der Waals surface area contributed by atoms with Gasteiger partial charge in [0.1, 0.15) is 0 Å². The first-order valence-corrected chi connectivity index (χ1v) is 17.2. The van der Waals surface area contributed by atoms with Gasteiger partial charge in [0.2, 0.25) is 11.8 Å². The number of pyridine rings is 1. The molecule has 4 aromatic rings. The Morgan fingerprint density at radius 2 is 1.66 bits per heavy atom. The number of benzene rings is 3. The second-order valence-corrected chi connectivity index (χ2v) is 12.8. The molecule has 9 heteroatoms. The fourth-order valence-electron chi connectivity index (χ4n) is 5.47. The SMILES string of the molecule is CC(=O)NCCCCCC(=O)NCc1cccc(-c2ccc([C@@H]3O[C@H](CSc4ccccn4)C[C@H](c4ccc(CO)cc4)O3)cc2)c1. The Hall–Kier alpha value is -4.02. The van der Waals surface area contributed by atoms with Crippen LogP contribution in [0.25, 0.3) is 11.1 Å². The van der Waals surface area contributed by atoms with Crippen molar-refractivity contribution in [2.45, 2.75) is 75.7 Å². The number of amides is 2. The number of rotatable bonds is 15. The van der Waals surface area contributed by atoms with Gasteiger partial charge in [0.15, 0.2) is 6.29 Å². The van der Waals surface area contributed by atoms with Gasteiger partial charge in [-0.05, 0) is 58.9 Å². The third-order valence-electron chi connectivity index (χ3n) is 8.06. The lowest BCUT2D eigenvalue weighted by Crippen LogP contribution is -2.31. The molecule has 0 saturated carbocycles. The van der Waals surface area contributed by atoms with Crippen molar-refractivity contribution >= 4 is 23.6 Å². The summed E-state index contributed by atoms with van der Waals surface area (Å²) in [5.41, 5.74) is 6.04. The Morgan fingerprint density at radius 1 is 0.851 bits per heavy atom. The Balaban J connectivity index is 1.19. The number of aliphatic hydroxyl groups excluding tert-OH is 1. The summed E-state index contributed by atoms with van der Waals surface area (Å²) in [5, 5.41) is 16.3. The summed E-state index contributed by atoms with van der Waals surface area (Å²) < 4.78 is 13.0. The van der Waals surface area contributed by atoms with Crippen molar-refractivity contribution in [2.24, 2.45) is 0 Å². The Labute approximate surface area is 281 Å². The van der Waals surface area contributed by atoms with E-state index in [9.17, 15) is 14.7 Å². The number of unbranched alkanes of at least 4 members (excludes halogenated alkanes) is 2. The summed E-state index contributed by atoms with van der Waals surface area (Å²) in [5.74, 6) is 0.762. The van der Waals surface area contributed by atoms with Crippen molar-refractivity contribution in [1.29, 1.82) is 0 Å². The van der Waals surface area contributed by atoms with Gasteiger partial charge in [-0.2, -0.15) is 0 Å². The normalized spacial score (nSPS) is 17.6. The number of nitrogens with zero attached hydrogens (tertiary/aromatic N) is 1. The van der Waals surface area contributed by atoms with E-state index in [-0.39, 0.29) is 30.6 Å². The topological polar surface area (TPSA) is 110 Å². The molecule has 2 amide bonds. The monoisotopic (exact) mass is 653 g/mol. The molecule has 0 radical (unpaired) electrons. The Morgan fingerprint density at radius 3 is 2.40 bits per heavy atom. The standard InChI is InChI=1S/C38H43N3O5S/c1-27(43)39-20-5-2-3-10-36(44)41-24-29-8-7-9-33(22-29)30-16-18-32(19-17-30)38-45-34(26-47-37-11-4-6-21-40-37)23-35(46-38)31-14-12-28(25-42)13-15-31/h4,6-9,11-19,21-22,34-35,38,42H,2-3,5,10,20,23-26H2,1H3,(H,39,43)(H,41,44)/t34-,35+,38+/m0/s1. The van der Waals surface area contributed by atoms with Crippen LogP contribution in [0.2, 0.25) is 0 Å². The zero-order chi connectivity index (χ0) is 32.8. The zero-order valence-corrected chi connectivity index (χ0v) is 27.6. The molecule has 1 aliphatic rings. The highest BCUT2D eigenvalue weighted by Crippen LogP contribution is 2.39. The lowest BCUT2D eigenvalue weighted by Gasteiger charge is -2.36. The molecular formula is C38H43N3O5S. The van der Waals surface area contributed by atoms with Crippen LogP contribution < -0.4 is 10.6 Å². The van der Waals surface area contributed by atoms with Gasteiger partial charge in [-0.1, -0.05) is 79.2 Å². The second kappa shape index (κ2) is 17.8. The van der Waals surface area contributed by atoms with Crippen molar-refractivity contribution in [3.05, 3.63) is 119 Å². The fraction of sp³-hybridized carbons (Fsp3) is 0.342. The van der Waals surface area contributed by atoms with Gasteiger partial charge in [0.05, 0.1) is 23.8 Å². The number of aliphatic hydroxyl groups is 1. The molecule has 3 N–H and O–H groups in total. The van der Waals surface area contributed by atoms with Gasteiger partial charge in [-0.3, -0.25) is 9.59 Å². The van der Waals surface area contributed by atoms with Gasteiger partial charge in [-0.15, -0.1) is 11.8 Å². The molecule has 8 nitrogen and oxygen atoms in total. The lowest BCUT2D eigenvalue weighted by atomic mass is 9.99. The molecule has 1 aliphatic heterocycles. The third kappa shape index (κ3) is 10.8. The van der Waals surface area contributed by atoms with Crippen molar-refractivity contribution in [3.8, 4) is 11.1 Å². The average molecular weight is 654 g/mol. The molecule has 3 atom stereocenters. The lowest BCUT2D eigenvalue weighted by molar-refractivity contribution is -0.245. The number of hydrogen-bond acceptors (Lipinski definition) is 7. The van der Waals surface area contributed by atoms with Gasteiger partial charge in [0.25, 0.3) is 0 Å². The largest absolute Gasteiger partial charge is 0.392 e. The molecule has 1 saturated heterocycles. The van der Waals surface area contributed by atoms with Crippen molar-refractivity contribution < 1.29 is 24.2 Å². The predicted octanol–water partition coefficient (Wildman–Crippen LogP) is 6.89. The second-order valence-electron chi connectivity index (χ2n) is 11.7. The van der Waals surface area contributed by atoms with Crippen molar-refractivity contribution in [1.82, 2.24) is 15.6 Å². The van der Waals surface area contributed by atoms with Crippen molar-refractivity contribution in [3.63, 3.8) is 0 Å². The van der Waals surface area contributed by atoms with Crippen LogP contribution in [0.5, 0.6) is 0 Å². The van der Waals surface area contributed by atoms with Gasteiger partial charge in [0, 0.05) is 50.4 Å². The van der Waals surface area contributed by atoms with E-state index in [0.717, 1.165) is 69.8 Å². The van der Waals surface area contributed by atoms with Gasteiger partial charge >= 0.3 is 0 Å². The Kier molecular flexibility index (Phi) is 13.0. The first-order chi connectivity index (χ1) is 23.0. The van der Waals surface area contributed by atoms with E-state index in [2.05, 4.69) is 52.0 Å². The average Bonchev–Trinajstić information content (AvgIpc) is 3.11. The highest BCUT2D eigenvalue weighted by atomic mass is 32.2. The number of thioether (sulfide) groups is 1. The molecular weight excluding hydrogens is 611 g/mol. The summed E-state index contributed by atoms with van der Waals surface area (Å²) in [4.78, 5) is 27.8. The van der Waals surface area contributed by atoms with E-state index in [1.165, 1.54) is 6.92 Å². The zero-order valence-electron chi connectivity index (χ0n) is 26.8. The van der Waals surface area contributed by atoms with Gasteiger partial charge in [-0.25, -0.2) is 4.98 Å². The van der Waals surface area contributed by atoms with Crippen LogP contribution in [0.1, 0.15) is 73.7 Å². The first-order valence-electron chi connectivity index (χ1n) is 16.2. The highest BCUT2D eigenvalue weighted by molar-refractivity contribution is 7.99. The number of hydrogen-bond donors (Lipinski definition) is 3. The summed E-state index contributed by atoms with van der Waals surface area (Å²) in [6.45, 7) is 2.64. The van der Waals surface area contributed by atoms with Gasteiger partial charge < -0.3 is 25.2 Å². The molecule has 2 heterocycles. The maximum Gasteiger partial charge on any atom is 0.220 e. The van der Waals surface area contributed by atoms with E-state index in [0.29, 0.717) is 19.5 Å². The van der Waals surface area contributed by atoms with E-state index < -0.39 is 6.29 Å². The van der Waals surface area contributed by atoms with Crippen LogP contribution in [-0.2, 0) is 32.2 Å². The summed E-state index contributed by atoms with van der Waals surface area (Å²) in [6, 6.07) is 30.3. The minimum atomic E-state index is -0.526. The minimum Gasteiger partial charge on any atom is -0.392 e. The molecule has 0 bridgehead atoms. The predicted molar refractivity (Wildman–Crippen MR) is 184 cm³/mol. The first kappa shape index (κ1) is 34.3. The molecule has 0 aliphatic carbocycles. The molecule has 5 rings (SSSR count). The molecule has 0 unspecified atom stereocenters. The summed E-state index contributed by atoms with van der Waals surface area (Å²) in [7, 11) is 0. The maximum absolute atomic E-state index is 12.4. The van der Waals surface area contributed by atoms with Crippen LogP contribution in [0.4, 0.5) is 0 Å². The van der Waals surface area contributed by atoms with Crippen LogP contribution in [0.15, 0.2) is 102 Å². The fourth-order valence-corrected chi connectivity index (χ4v) is 6.35. The van der Waals surface area contributed by atoms with E-state index in [1.54, 1.807) is 18.0 Å². The number of aromatic nitrogens is 1. The molecule has 246 valence electrons. The third-order valence-corrected chi connectivity index (χ3v) is 9.13. The summed E-state index contributed by atoms with van der Waals surface area (Å²) >= 11 is 1.68. The van der Waals surface area contributed by atoms with Crippen LogP contribution >= 0.6 is 11.8 Å². The number of carbonyl (C=O) groups excluding carboxylic acids is 2.